The van der Waals surface area contributed by atoms with E-state index in [9.17, 15) is 29.1 Å². The Morgan fingerprint density at radius 2 is 1.51 bits per heavy atom. The smallest absolute Gasteiger partial charge is 0.335 e. The number of rotatable bonds is 9. The van der Waals surface area contributed by atoms with Gasteiger partial charge < -0.3 is 31.3 Å². The van der Waals surface area contributed by atoms with E-state index in [1.165, 1.54) is 41.3 Å². The van der Waals surface area contributed by atoms with E-state index in [1.54, 1.807) is 41.3 Å². The summed E-state index contributed by atoms with van der Waals surface area (Å²) in [4.78, 5) is 65.2. The molecule has 16 heteroatoms. The zero-order valence-electron chi connectivity index (χ0n) is 24.9. The number of hydrogen-bond donors (Lipinski definition) is 5. The van der Waals surface area contributed by atoms with E-state index in [-0.39, 0.29) is 34.4 Å². The number of amides is 5. The Hall–Kier alpha value is -5.83. The molecule has 47 heavy (non-hydrogen) atoms. The summed E-state index contributed by atoms with van der Waals surface area (Å²) in [5.41, 5.74) is 1.98. The molecule has 0 bridgehead atoms. The number of hydrogen-bond acceptors (Lipinski definition) is 8. The van der Waals surface area contributed by atoms with Gasteiger partial charge in [0.1, 0.15) is 12.4 Å². The number of nitrogens with one attached hydrogen (secondary N) is 4. The maximum Gasteiger partial charge on any atom is 0.335 e. The Labute approximate surface area is 273 Å². The molecule has 0 spiro atoms. The van der Waals surface area contributed by atoms with Crippen LogP contribution < -0.4 is 21.3 Å². The van der Waals surface area contributed by atoms with Crippen molar-refractivity contribution in [2.45, 2.75) is 31.7 Å². The molecule has 5 rings (SSSR count). The van der Waals surface area contributed by atoms with E-state index in [1.807, 2.05) is 0 Å². The summed E-state index contributed by atoms with van der Waals surface area (Å²) in [7, 11) is 0. The fourth-order valence-electron chi connectivity index (χ4n) is 4.88. The van der Waals surface area contributed by atoms with Gasteiger partial charge in [0.05, 0.1) is 16.9 Å². The monoisotopic (exact) mass is 659 g/mol. The van der Waals surface area contributed by atoms with Crippen molar-refractivity contribution in [1.29, 1.82) is 0 Å². The Bertz CT molecular complexity index is 1760. The van der Waals surface area contributed by atoms with Crippen LogP contribution in [-0.4, -0.2) is 79.1 Å². The first-order valence-electron chi connectivity index (χ1n) is 14.6. The molecule has 0 saturated carbocycles. The highest BCUT2D eigenvalue weighted by atomic mass is 35.5. The summed E-state index contributed by atoms with van der Waals surface area (Å²) in [6.07, 6.45) is 4.30. The fourth-order valence-corrected chi connectivity index (χ4v) is 5.05. The number of piperidine rings is 1. The van der Waals surface area contributed by atoms with Crippen molar-refractivity contribution in [1.82, 2.24) is 30.4 Å². The summed E-state index contributed by atoms with van der Waals surface area (Å²) >= 11 is 6.12. The lowest BCUT2D eigenvalue weighted by Crippen LogP contribution is -2.49. The third kappa shape index (κ3) is 8.67. The Balaban J connectivity index is 1.30. The molecule has 0 aliphatic carbocycles. The van der Waals surface area contributed by atoms with E-state index in [0.717, 1.165) is 19.3 Å². The maximum absolute atomic E-state index is 13.4. The van der Waals surface area contributed by atoms with Crippen LogP contribution in [0.15, 0.2) is 73.1 Å². The molecule has 5 N–H and O–H groups in total. The molecule has 5 amide bonds. The van der Waals surface area contributed by atoms with E-state index >= 15 is 0 Å². The van der Waals surface area contributed by atoms with Crippen LogP contribution in [0.5, 0.6) is 0 Å². The number of carbonyl (C=O) groups is 5. The van der Waals surface area contributed by atoms with Gasteiger partial charge in [-0.25, -0.2) is 9.59 Å². The third-order valence-electron chi connectivity index (χ3n) is 7.32. The second kappa shape index (κ2) is 15.0. The van der Waals surface area contributed by atoms with Crippen LogP contribution in [0.1, 0.15) is 35.2 Å². The summed E-state index contributed by atoms with van der Waals surface area (Å²) in [5, 5.41) is 30.9. The number of carbonyl (C=O) groups excluding carboxylic acids is 4. The number of tetrazole rings is 1. The topological polar surface area (TPSA) is 201 Å². The number of aromatic nitrogens is 4. The molecule has 2 heterocycles. The number of carboxylic acids is 1. The third-order valence-corrected chi connectivity index (χ3v) is 7.55. The van der Waals surface area contributed by atoms with Crippen LogP contribution >= 0.6 is 11.6 Å². The van der Waals surface area contributed by atoms with Gasteiger partial charge in [-0.15, -0.1) is 5.10 Å². The molecule has 0 radical (unpaired) electrons. The SMILES string of the molecule is O=C(Nc1cc(Cl)ccc1-n1cnnn1)C(=O)N[C@@H](Cc1ccc(NC(=O)N2CCCCC2)cc1)C(=O)Nc1ccc(C(=O)O)cc1. The average molecular weight is 660 g/mol. The highest BCUT2D eigenvalue weighted by Gasteiger charge is 2.26. The number of likely N-dealkylation sites (tertiary alicyclic amines) is 1. The van der Waals surface area contributed by atoms with Gasteiger partial charge in [-0.3, -0.25) is 14.4 Å². The van der Waals surface area contributed by atoms with Crippen molar-refractivity contribution < 1.29 is 29.1 Å². The van der Waals surface area contributed by atoms with Gasteiger partial charge >= 0.3 is 23.8 Å². The quantitative estimate of drug-likeness (QED) is 0.167. The molecule has 1 aliphatic heterocycles. The van der Waals surface area contributed by atoms with Crippen molar-refractivity contribution >= 4 is 58.4 Å². The Morgan fingerprint density at radius 1 is 0.830 bits per heavy atom. The van der Waals surface area contributed by atoms with Crippen LogP contribution in [0.2, 0.25) is 5.02 Å². The molecular weight excluding hydrogens is 630 g/mol. The predicted octanol–water partition coefficient (Wildman–Crippen LogP) is 3.34. The minimum absolute atomic E-state index is 0.0224. The van der Waals surface area contributed by atoms with E-state index in [4.69, 9.17) is 11.6 Å². The molecule has 242 valence electrons. The minimum atomic E-state index is -1.24. The van der Waals surface area contributed by atoms with Crippen molar-refractivity contribution in [2.75, 3.05) is 29.0 Å². The standard InChI is InChI=1S/C31H30ClN9O6/c32-21-8-13-26(41-18-33-38-39-41)24(17-21)36-28(43)29(44)37-25(27(42)34-22-11-6-20(7-12-22)30(45)46)16-19-4-9-23(10-5-19)35-31(47)40-14-2-1-3-15-40/h4-13,17-18,25H,1-3,14-16H2,(H,34,42)(H,35,47)(H,36,43)(H,37,44)(H,45,46)/t25-/m0/s1. The van der Waals surface area contributed by atoms with Crippen molar-refractivity contribution in [3.05, 3.63) is 89.2 Å². The molecule has 15 nitrogen and oxygen atoms in total. The number of halogens is 1. The summed E-state index contributed by atoms with van der Waals surface area (Å²) in [6.45, 7) is 1.40. The highest BCUT2D eigenvalue weighted by Crippen LogP contribution is 2.24. The van der Waals surface area contributed by atoms with Gasteiger partial charge in [-0.1, -0.05) is 23.7 Å². The largest absolute Gasteiger partial charge is 0.478 e. The molecule has 0 unspecified atom stereocenters. The lowest BCUT2D eigenvalue weighted by molar-refractivity contribution is -0.137. The van der Waals surface area contributed by atoms with Gasteiger partial charge in [0, 0.05) is 35.9 Å². The number of carboxylic acid groups (broad SMARTS) is 1. The molecule has 1 aromatic heterocycles. The van der Waals surface area contributed by atoms with Crippen molar-refractivity contribution in [2.24, 2.45) is 0 Å². The molecule has 3 aromatic carbocycles. The summed E-state index contributed by atoms with van der Waals surface area (Å²) in [6, 6.07) is 15.3. The second-order valence-corrected chi connectivity index (χ2v) is 11.1. The van der Waals surface area contributed by atoms with Crippen molar-refractivity contribution in [3.63, 3.8) is 0 Å². The van der Waals surface area contributed by atoms with Crippen LogP contribution in [0, 0.1) is 0 Å². The number of anilines is 3. The summed E-state index contributed by atoms with van der Waals surface area (Å²) in [5.74, 6) is -3.98. The van der Waals surface area contributed by atoms with E-state index in [0.29, 0.717) is 30.0 Å². The van der Waals surface area contributed by atoms with Crippen LogP contribution in [0.3, 0.4) is 0 Å². The summed E-state index contributed by atoms with van der Waals surface area (Å²) < 4.78 is 1.27. The van der Waals surface area contributed by atoms with Crippen molar-refractivity contribution in [3.8, 4) is 5.69 Å². The fraction of sp³-hybridized carbons (Fsp3) is 0.226. The minimum Gasteiger partial charge on any atom is -0.478 e. The highest BCUT2D eigenvalue weighted by molar-refractivity contribution is 6.40. The van der Waals surface area contributed by atoms with E-state index < -0.39 is 29.7 Å². The average Bonchev–Trinajstić information content (AvgIpc) is 3.61. The lowest BCUT2D eigenvalue weighted by Gasteiger charge is -2.26. The predicted molar refractivity (Wildman–Crippen MR) is 171 cm³/mol. The first-order valence-corrected chi connectivity index (χ1v) is 15.0. The molecule has 4 aromatic rings. The number of benzene rings is 3. The van der Waals surface area contributed by atoms with Gasteiger partial charge in [0.15, 0.2) is 0 Å². The first-order chi connectivity index (χ1) is 22.7. The zero-order chi connectivity index (χ0) is 33.3. The van der Waals surface area contributed by atoms with Crippen LogP contribution in [-0.2, 0) is 20.8 Å². The molecule has 1 saturated heterocycles. The van der Waals surface area contributed by atoms with Gasteiger partial charge in [-0.05, 0) is 89.8 Å². The second-order valence-electron chi connectivity index (χ2n) is 10.6. The van der Waals surface area contributed by atoms with Gasteiger partial charge in [0.25, 0.3) is 0 Å². The number of aromatic carboxylic acids is 1. The zero-order valence-corrected chi connectivity index (χ0v) is 25.6. The van der Waals surface area contributed by atoms with Gasteiger partial charge in [0.2, 0.25) is 5.91 Å². The van der Waals surface area contributed by atoms with Crippen LogP contribution in [0.25, 0.3) is 5.69 Å². The van der Waals surface area contributed by atoms with E-state index in [2.05, 4.69) is 36.8 Å². The maximum atomic E-state index is 13.4. The Morgan fingerprint density at radius 3 is 2.17 bits per heavy atom. The first kappa shape index (κ1) is 32.6. The number of nitrogens with zero attached hydrogens (tertiary/aromatic N) is 5. The van der Waals surface area contributed by atoms with Crippen LogP contribution in [0.4, 0.5) is 21.9 Å². The molecule has 1 aliphatic rings. The molecule has 1 atom stereocenters. The molecule has 1 fully saturated rings. The lowest BCUT2D eigenvalue weighted by atomic mass is 10.0. The number of urea groups is 1. The van der Waals surface area contributed by atoms with Gasteiger partial charge in [-0.2, -0.15) is 4.68 Å². The molecular formula is C31H30ClN9O6. The normalized spacial score (nSPS) is 13.3. The Kier molecular flexibility index (Phi) is 10.4.